The van der Waals surface area contributed by atoms with Gasteiger partial charge in [-0.15, -0.1) is 0 Å². The average Bonchev–Trinajstić information content (AvgIpc) is 2.47. The van der Waals surface area contributed by atoms with E-state index in [1.165, 1.54) is 17.0 Å². The number of hydrogen-bond acceptors (Lipinski definition) is 5. The topological polar surface area (TPSA) is 78.9 Å². The van der Waals surface area contributed by atoms with E-state index in [1.54, 1.807) is 19.1 Å². The van der Waals surface area contributed by atoms with Gasteiger partial charge in [-0.05, 0) is 31.2 Å². The summed E-state index contributed by atoms with van der Waals surface area (Å²) in [4.78, 5) is 25.9. The molecule has 0 aliphatic carbocycles. The molecular weight excluding hydrogens is 260 g/mol. The van der Waals surface area contributed by atoms with Crippen LogP contribution in [0.3, 0.4) is 0 Å². The van der Waals surface area contributed by atoms with Crippen LogP contribution < -0.4 is 5.32 Å². The van der Waals surface area contributed by atoms with Gasteiger partial charge in [0, 0.05) is 25.2 Å². The Bertz CT molecular complexity index is 486. The Hall–Kier alpha value is -2.08. The van der Waals surface area contributed by atoms with Crippen molar-refractivity contribution in [2.75, 3.05) is 26.2 Å². The van der Waals surface area contributed by atoms with E-state index in [4.69, 9.17) is 4.74 Å². The third-order valence-electron chi connectivity index (χ3n) is 3.18. The normalized spacial score (nSPS) is 18.6. The van der Waals surface area contributed by atoms with Crippen LogP contribution in [-0.2, 0) is 9.53 Å². The van der Waals surface area contributed by atoms with Crippen LogP contribution >= 0.6 is 0 Å². The number of nitrogens with one attached hydrogen (secondary N) is 1. The molecule has 0 radical (unpaired) electrons. The maximum Gasteiger partial charge on any atom is 0.330 e. The van der Waals surface area contributed by atoms with E-state index >= 15 is 0 Å². The highest BCUT2D eigenvalue weighted by atomic mass is 16.5. The fourth-order valence-corrected chi connectivity index (χ4v) is 2.17. The van der Waals surface area contributed by atoms with Gasteiger partial charge in [-0.25, -0.2) is 4.79 Å². The number of carbonyl (C=O) groups is 2. The zero-order valence-corrected chi connectivity index (χ0v) is 11.3. The molecule has 0 bridgehead atoms. The summed E-state index contributed by atoms with van der Waals surface area (Å²) in [5, 5.41) is 12.3. The van der Waals surface area contributed by atoms with Crippen LogP contribution in [0.4, 0.5) is 0 Å². The molecule has 0 saturated carbocycles. The van der Waals surface area contributed by atoms with Gasteiger partial charge in [-0.3, -0.25) is 4.79 Å². The van der Waals surface area contributed by atoms with Crippen LogP contribution in [0.1, 0.15) is 17.3 Å². The Kier molecular flexibility index (Phi) is 4.57. The summed E-state index contributed by atoms with van der Waals surface area (Å²) in [5.41, 5.74) is 0.444. The Morgan fingerprint density at radius 1 is 1.40 bits per heavy atom. The fraction of sp³-hybridized carbons (Fsp3) is 0.429. The number of rotatable bonds is 3. The number of piperazine rings is 1. The second-order valence-corrected chi connectivity index (χ2v) is 4.52. The van der Waals surface area contributed by atoms with E-state index in [0.717, 1.165) is 0 Å². The summed E-state index contributed by atoms with van der Waals surface area (Å²) < 4.78 is 5.00. The highest BCUT2D eigenvalue weighted by molar-refractivity contribution is 5.97. The average molecular weight is 278 g/mol. The number of phenols is 1. The summed E-state index contributed by atoms with van der Waals surface area (Å²) in [6, 6.07) is 5.39. The smallest absolute Gasteiger partial charge is 0.330 e. The molecule has 1 aliphatic rings. The summed E-state index contributed by atoms with van der Waals surface area (Å²) in [5.74, 6) is -0.528. The minimum absolute atomic E-state index is 0.101. The SMILES string of the molecule is CCOC(=O)C1CNCCN1C(=O)c1ccc(O)cc1. The molecule has 6 nitrogen and oxygen atoms in total. The maximum atomic E-state index is 12.4. The summed E-state index contributed by atoms with van der Waals surface area (Å²) >= 11 is 0. The Morgan fingerprint density at radius 3 is 2.75 bits per heavy atom. The third-order valence-corrected chi connectivity index (χ3v) is 3.18. The van der Waals surface area contributed by atoms with Crippen molar-refractivity contribution in [1.82, 2.24) is 10.2 Å². The van der Waals surface area contributed by atoms with Crippen LogP contribution in [0.2, 0.25) is 0 Å². The molecule has 6 heteroatoms. The van der Waals surface area contributed by atoms with Crippen LogP contribution in [0.15, 0.2) is 24.3 Å². The molecule has 0 aromatic heterocycles. The number of aromatic hydroxyl groups is 1. The van der Waals surface area contributed by atoms with Crippen LogP contribution in [0.5, 0.6) is 5.75 Å². The van der Waals surface area contributed by atoms with Crippen molar-refractivity contribution in [3.63, 3.8) is 0 Å². The van der Waals surface area contributed by atoms with Gasteiger partial charge in [0.05, 0.1) is 6.61 Å². The summed E-state index contributed by atoms with van der Waals surface area (Å²) in [7, 11) is 0. The van der Waals surface area contributed by atoms with E-state index < -0.39 is 12.0 Å². The molecule has 1 saturated heterocycles. The number of carbonyl (C=O) groups excluding carboxylic acids is 2. The molecule has 2 N–H and O–H groups in total. The lowest BCUT2D eigenvalue weighted by Crippen LogP contribution is -2.57. The molecule has 1 amide bonds. The highest BCUT2D eigenvalue weighted by Gasteiger charge is 2.33. The standard InChI is InChI=1S/C14H18N2O4/c1-2-20-14(19)12-9-15-7-8-16(12)13(18)10-3-5-11(17)6-4-10/h3-6,12,15,17H,2,7-9H2,1H3. The number of esters is 1. The van der Waals surface area contributed by atoms with Crippen LogP contribution in [-0.4, -0.2) is 54.2 Å². The van der Waals surface area contributed by atoms with E-state index in [-0.39, 0.29) is 18.3 Å². The van der Waals surface area contributed by atoms with Gasteiger partial charge in [0.2, 0.25) is 0 Å². The first kappa shape index (κ1) is 14.3. The van der Waals surface area contributed by atoms with E-state index in [2.05, 4.69) is 5.32 Å². The Labute approximate surface area is 117 Å². The Morgan fingerprint density at radius 2 is 2.10 bits per heavy atom. The molecule has 0 spiro atoms. The minimum atomic E-state index is -0.606. The first-order valence-electron chi connectivity index (χ1n) is 6.61. The fourth-order valence-electron chi connectivity index (χ4n) is 2.17. The summed E-state index contributed by atoms with van der Waals surface area (Å²) in [6.07, 6.45) is 0. The van der Waals surface area contributed by atoms with Gasteiger partial charge in [0.15, 0.2) is 0 Å². The molecule has 20 heavy (non-hydrogen) atoms. The number of hydrogen-bond donors (Lipinski definition) is 2. The quantitative estimate of drug-likeness (QED) is 0.781. The lowest BCUT2D eigenvalue weighted by molar-refractivity contribution is -0.149. The van der Waals surface area contributed by atoms with Crippen LogP contribution in [0.25, 0.3) is 0 Å². The molecule has 1 fully saturated rings. The zero-order chi connectivity index (χ0) is 14.5. The lowest BCUT2D eigenvalue weighted by Gasteiger charge is -2.34. The minimum Gasteiger partial charge on any atom is -0.508 e. The molecule has 108 valence electrons. The molecule has 1 heterocycles. The van der Waals surface area contributed by atoms with Crippen molar-refractivity contribution in [1.29, 1.82) is 0 Å². The largest absolute Gasteiger partial charge is 0.508 e. The van der Waals surface area contributed by atoms with Crippen molar-refractivity contribution in [3.8, 4) is 5.75 Å². The number of ether oxygens (including phenoxy) is 1. The van der Waals surface area contributed by atoms with Gasteiger partial charge in [0.1, 0.15) is 11.8 Å². The van der Waals surface area contributed by atoms with Gasteiger partial charge >= 0.3 is 5.97 Å². The van der Waals surface area contributed by atoms with Crippen molar-refractivity contribution >= 4 is 11.9 Å². The van der Waals surface area contributed by atoms with E-state index in [0.29, 0.717) is 25.2 Å². The van der Waals surface area contributed by atoms with Crippen molar-refractivity contribution in [2.24, 2.45) is 0 Å². The molecule has 1 aliphatic heterocycles. The molecule has 1 unspecified atom stereocenters. The van der Waals surface area contributed by atoms with Gasteiger partial charge < -0.3 is 20.1 Å². The number of nitrogens with zero attached hydrogens (tertiary/aromatic N) is 1. The lowest BCUT2D eigenvalue weighted by atomic mass is 10.1. The predicted octanol–water partition coefficient (Wildman–Crippen LogP) is 0.369. The molecule has 1 aromatic carbocycles. The molecule has 1 atom stereocenters. The van der Waals surface area contributed by atoms with E-state index in [1.807, 2.05) is 0 Å². The monoisotopic (exact) mass is 278 g/mol. The Balaban J connectivity index is 2.16. The first-order chi connectivity index (χ1) is 9.63. The number of phenolic OH excluding ortho intramolecular Hbond substituents is 1. The molecular formula is C14H18N2O4. The first-order valence-corrected chi connectivity index (χ1v) is 6.61. The van der Waals surface area contributed by atoms with Gasteiger partial charge in [0.25, 0.3) is 5.91 Å². The van der Waals surface area contributed by atoms with Gasteiger partial charge in [-0.1, -0.05) is 0 Å². The van der Waals surface area contributed by atoms with Gasteiger partial charge in [-0.2, -0.15) is 0 Å². The number of amides is 1. The third kappa shape index (κ3) is 3.08. The predicted molar refractivity (Wildman–Crippen MR) is 72.4 cm³/mol. The van der Waals surface area contributed by atoms with Crippen molar-refractivity contribution in [2.45, 2.75) is 13.0 Å². The van der Waals surface area contributed by atoms with E-state index in [9.17, 15) is 14.7 Å². The van der Waals surface area contributed by atoms with Crippen molar-refractivity contribution < 1.29 is 19.4 Å². The highest BCUT2D eigenvalue weighted by Crippen LogP contribution is 2.15. The second-order valence-electron chi connectivity index (χ2n) is 4.52. The second kappa shape index (κ2) is 6.38. The molecule has 1 aromatic rings. The maximum absolute atomic E-state index is 12.4. The van der Waals surface area contributed by atoms with Crippen LogP contribution in [0, 0.1) is 0 Å². The number of benzene rings is 1. The zero-order valence-electron chi connectivity index (χ0n) is 11.3. The van der Waals surface area contributed by atoms with Crippen molar-refractivity contribution in [3.05, 3.63) is 29.8 Å². The summed E-state index contributed by atoms with van der Waals surface area (Å²) in [6.45, 7) is 3.50. The molecule has 2 rings (SSSR count).